The number of aliphatic carboxylic acids is 1. The number of carboxylic acid groups (broad SMARTS) is 1. The SMILES string of the molecule is O=C(N[C@H]1CCC[C@H]1C(=O)N1C[C@H](O)C[C@@H]1C(=O)O)OCC1c2ccccc2-c2ccccc21. The molecule has 1 saturated heterocycles. The summed E-state index contributed by atoms with van der Waals surface area (Å²) < 4.78 is 5.62. The van der Waals surface area contributed by atoms with E-state index in [1.807, 2.05) is 24.3 Å². The number of carboxylic acids is 1. The number of nitrogens with one attached hydrogen (secondary N) is 1. The number of nitrogens with zero attached hydrogens (tertiary/aromatic N) is 1. The molecule has 2 fully saturated rings. The number of rotatable bonds is 5. The van der Waals surface area contributed by atoms with E-state index in [0.717, 1.165) is 28.7 Å². The van der Waals surface area contributed by atoms with Crippen LogP contribution in [-0.4, -0.2) is 64.4 Å². The highest BCUT2D eigenvalue weighted by molar-refractivity contribution is 5.87. The molecule has 0 unspecified atom stereocenters. The molecule has 1 aliphatic heterocycles. The Morgan fingerprint density at radius 3 is 2.29 bits per heavy atom. The largest absolute Gasteiger partial charge is 0.480 e. The van der Waals surface area contributed by atoms with Crippen molar-refractivity contribution in [3.05, 3.63) is 59.7 Å². The fourth-order valence-electron chi connectivity index (χ4n) is 5.72. The van der Waals surface area contributed by atoms with Crippen LogP contribution in [0, 0.1) is 5.92 Å². The molecule has 1 saturated carbocycles. The molecule has 2 aromatic rings. The van der Waals surface area contributed by atoms with Crippen molar-refractivity contribution in [1.29, 1.82) is 0 Å². The van der Waals surface area contributed by atoms with Gasteiger partial charge in [0.25, 0.3) is 0 Å². The molecule has 34 heavy (non-hydrogen) atoms. The molecule has 3 N–H and O–H groups in total. The van der Waals surface area contributed by atoms with E-state index in [1.165, 1.54) is 4.90 Å². The number of carbonyl (C=O) groups excluding carboxylic acids is 2. The lowest BCUT2D eigenvalue weighted by Gasteiger charge is -2.28. The van der Waals surface area contributed by atoms with Gasteiger partial charge >= 0.3 is 12.1 Å². The van der Waals surface area contributed by atoms with E-state index < -0.39 is 36.2 Å². The van der Waals surface area contributed by atoms with Crippen molar-refractivity contribution in [2.45, 2.75) is 49.8 Å². The maximum atomic E-state index is 13.1. The monoisotopic (exact) mass is 464 g/mol. The minimum Gasteiger partial charge on any atom is -0.480 e. The zero-order valence-corrected chi connectivity index (χ0v) is 18.7. The second-order valence-corrected chi connectivity index (χ2v) is 9.35. The number of amides is 2. The van der Waals surface area contributed by atoms with Gasteiger partial charge in [0.15, 0.2) is 0 Å². The molecule has 8 heteroatoms. The van der Waals surface area contributed by atoms with Gasteiger partial charge in [0.05, 0.1) is 12.0 Å². The Kier molecular flexibility index (Phi) is 6.00. The Labute approximate surface area is 197 Å². The van der Waals surface area contributed by atoms with Gasteiger partial charge in [-0.25, -0.2) is 9.59 Å². The van der Waals surface area contributed by atoms with Crippen molar-refractivity contribution < 1.29 is 29.3 Å². The second-order valence-electron chi connectivity index (χ2n) is 9.35. The van der Waals surface area contributed by atoms with E-state index in [9.17, 15) is 24.6 Å². The molecular formula is C26H28N2O6. The van der Waals surface area contributed by atoms with Gasteiger partial charge in [0.2, 0.25) is 5.91 Å². The van der Waals surface area contributed by atoms with Crippen molar-refractivity contribution in [2.24, 2.45) is 5.92 Å². The Morgan fingerprint density at radius 1 is 1.00 bits per heavy atom. The Balaban J connectivity index is 1.23. The van der Waals surface area contributed by atoms with E-state index in [1.54, 1.807) is 0 Å². The van der Waals surface area contributed by atoms with Crippen LogP contribution in [-0.2, 0) is 14.3 Å². The van der Waals surface area contributed by atoms with E-state index in [0.29, 0.717) is 12.8 Å². The number of aliphatic hydroxyl groups is 1. The molecule has 178 valence electrons. The van der Waals surface area contributed by atoms with Gasteiger partial charge < -0.3 is 25.2 Å². The summed E-state index contributed by atoms with van der Waals surface area (Å²) in [7, 11) is 0. The van der Waals surface area contributed by atoms with Crippen LogP contribution >= 0.6 is 0 Å². The van der Waals surface area contributed by atoms with Gasteiger partial charge in [-0.1, -0.05) is 55.0 Å². The van der Waals surface area contributed by atoms with E-state index in [-0.39, 0.29) is 31.4 Å². The van der Waals surface area contributed by atoms with E-state index >= 15 is 0 Å². The van der Waals surface area contributed by atoms with Crippen LogP contribution in [0.15, 0.2) is 48.5 Å². The van der Waals surface area contributed by atoms with Gasteiger partial charge in [-0.05, 0) is 35.1 Å². The van der Waals surface area contributed by atoms with Gasteiger partial charge in [-0.15, -0.1) is 0 Å². The molecule has 4 atom stereocenters. The quantitative estimate of drug-likeness (QED) is 0.627. The van der Waals surface area contributed by atoms with Crippen LogP contribution in [0.3, 0.4) is 0 Å². The second kappa shape index (κ2) is 9.10. The van der Waals surface area contributed by atoms with Gasteiger partial charge in [0, 0.05) is 24.9 Å². The number of likely N-dealkylation sites (tertiary alicyclic amines) is 1. The zero-order valence-electron chi connectivity index (χ0n) is 18.7. The molecule has 2 aliphatic carbocycles. The molecule has 0 spiro atoms. The van der Waals surface area contributed by atoms with Crippen LogP contribution < -0.4 is 5.32 Å². The Bertz CT molecular complexity index is 1070. The fourth-order valence-corrected chi connectivity index (χ4v) is 5.72. The number of aliphatic hydroxyl groups excluding tert-OH is 1. The first-order valence-electron chi connectivity index (χ1n) is 11.8. The highest BCUT2D eigenvalue weighted by Crippen LogP contribution is 2.44. The molecule has 1 heterocycles. The predicted octanol–water partition coefficient (Wildman–Crippen LogP) is 2.74. The number of hydrogen-bond acceptors (Lipinski definition) is 5. The summed E-state index contributed by atoms with van der Waals surface area (Å²) >= 11 is 0. The third-order valence-electron chi connectivity index (χ3n) is 7.33. The minimum absolute atomic E-state index is 0.00393. The predicted molar refractivity (Wildman–Crippen MR) is 123 cm³/mol. The number of benzene rings is 2. The van der Waals surface area contributed by atoms with Crippen LogP contribution in [0.5, 0.6) is 0 Å². The molecular weight excluding hydrogens is 436 g/mol. The maximum Gasteiger partial charge on any atom is 0.407 e. The number of ether oxygens (including phenoxy) is 1. The molecule has 2 aromatic carbocycles. The lowest BCUT2D eigenvalue weighted by molar-refractivity contribution is -0.150. The van der Waals surface area contributed by atoms with Crippen LogP contribution in [0.2, 0.25) is 0 Å². The Hall–Kier alpha value is -3.39. The van der Waals surface area contributed by atoms with Crippen molar-refractivity contribution in [3.63, 3.8) is 0 Å². The average molecular weight is 465 g/mol. The van der Waals surface area contributed by atoms with Crippen LogP contribution in [0.25, 0.3) is 11.1 Å². The molecule has 5 rings (SSSR count). The number of β-amino-alcohol motifs (C(OH)–C–C–N with tert-alkyl or cyclic N) is 1. The third kappa shape index (κ3) is 4.03. The zero-order chi connectivity index (χ0) is 23.8. The first kappa shape index (κ1) is 22.4. The molecule has 8 nitrogen and oxygen atoms in total. The smallest absolute Gasteiger partial charge is 0.407 e. The first-order chi connectivity index (χ1) is 16.4. The number of carbonyl (C=O) groups is 3. The number of hydrogen-bond donors (Lipinski definition) is 3. The number of fused-ring (bicyclic) bond motifs is 3. The summed E-state index contributed by atoms with van der Waals surface area (Å²) in [6.07, 6.45) is 0.528. The highest BCUT2D eigenvalue weighted by Gasteiger charge is 2.44. The summed E-state index contributed by atoms with van der Waals surface area (Å²) in [6.45, 7) is 0.189. The lowest BCUT2D eigenvalue weighted by atomic mass is 9.98. The molecule has 0 radical (unpaired) electrons. The standard InChI is InChI=1S/C26H28N2O6/c29-15-12-23(25(31)32)28(13-15)24(30)20-10-5-11-22(20)27-26(33)34-14-21-18-8-3-1-6-16(18)17-7-2-4-9-19(17)21/h1-4,6-9,15,20-23,29H,5,10-14H2,(H,27,33)(H,31,32)/t15-,20-,22+,23-/m1/s1. The van der Waals surface area contributed by atoms with Crippen molar-refractivity contribution in [2.75, 3.05) is 13.2 Å². The Morgan fingerprint density at radius 2 is 1.65 bits per heavy atom. The van der Waals surface area contributed by atoms with E-state index in [2.05, 4.69) is 29.6 Å². The molecule has 0 bridgehead atoms. The fraction of sp³-hybridized carbons (Fsp3) is 0.423. The van der Waals surface area contributed by atoms with Crippen LogP contribution in [0.4, 0.5) is 4.79 Å². The first-order valence-corrected chi connectivity index (χ1v) is 11.8. The third-order valence-corrected chi connectivity index (χ3v) is 7.33. The minimum atomic E-state index is -1.12. The van der Waals surface area contributed by atoms with Gasteiger partial charge in [-0.2, -0.15) is 0 Å². The number of alkyl carbamates (subject to hydrolysis) is 1. The summed E-state index contributed by atoms with van der Waals surface area (Å²) in [6, 6.07) is 14.7. The lowest BCUT2D eigenvalue weighted by Crippen LogP contribution is -2.49. The van der Waals surface area contributed by atoms with Crippen molar-refractivity contribution in [3.8, 4) is 11.1 Å². The van der Waals surface area contributed by atoms with Crippen LogP contribution in [0.1, 0.15) is 42.7 Å². The van der Waals surface area contributed by atoms with Crippen molar-refractivity contribution in [1.82, 2.24) is 10.2 Å². The molecule has 3 aliphatic rings. The van der Waals surface area contributed by atoms with Gasteiger partial charge in [0.1, 0.15) is 12.6 Å². The maximum absolute atomic E-state index is 13.1. The topological polar surface area (TPSA) is 116 Å². The summed E-state index contributed by atoms with van der Waals surface area (Å²) in [5.41, 5.74) is 4.54. The highest BCUT2D eigenvalue weighted by atomic mass is 16.5. The molecule has 0 aromatic heterocycles. The summed E-state index contributed by atoms with van der Waals surface area (Å²) in [5, 5.41) is 22.2. The van der Waals surface area contributed by atoms with E-state index in [4.69, 9.17) is 4.74 Å². The summed E-state index contributed by atoms with van der Waals surface area (Å²) in [4.78, 5) is 38.6. The van der Waals surface area contributed by atoms with Gasteiger partial charge in [-0.3, -0.25) is 4.79 Å². The normalized spacial score (nSPS) is 25.6. The molecule has 2 amide bonds. The summed E-state index contributed by atoms with van der Waals surface area (Å²) in [5.74, 6) is -2.02. The average Bonchev–Trinajstić information content (AvgIpc) is 3.53. The van der Waals surface area contributed by atoms with Crippen molar-refractivity contribution >= 4 is 18.0 Å².